The first-order valence-corrected chi connectivity index (χ1v) is 6.48. The molecule has 0 aliphatic rings. The van der Waals surface area contributed by atoms with Gasteiger partial charge in [0.05, 0.1) is 6.54 Å². The lowest BCUT2D eigenvalue weighted by atomic mass is 10.2. The van der Waals surface area contributed by atoms with Crippen LogP contribution in [-0.4, -0.2) is 19.5 Å². The number of carbonyl (C=O) groups excluding carboxylic acids is 1. The Hall–Kier alpha value is -2.49. The number of anilines is 3. The van der Waals surface area contributed by atoms with Gasteiger partial charge in [0, 0.05) is 24.1 Å². The predicted molar refractivity (Wildman–Crippen MR) is 83.9 cm³/mol. The van der Waals surface area contributed by atoms with Gasteiger partial charge in [-0.3, -0.25) is 4.79 Å². The van der Waals surface area contributed by atoms with E-state index >= 15 is 0 Å². The summed E-state index contributed by atoms with van der Waals surface area (Å²) in [4.78, 5) is 13.8. The van der Waals surface area contributed by atoms with Crippen molar-refractivity contribution in [3.63, 3.8) is 0 Å². The van der Waals surface area contributed by atoms with Gasteiger partial charge in [0.15, 0.2) is 0 Å². The quantitative estimate of drug-likeness (QED) is 0.839. The summed E-state index contributed by atoms with van der Waals surface area (Å²) < 4.78 is 0. The van der Waals surface area contributed by atoms with Gasteiger partial charge in [-0.1, -0.05) is 23.8 Å². The van der Waals surface area contributed by atoms with Crippen molar-refractivity contribution in [1.29, 1.82) is 0 Å². The van der Waals surface area contributed by atoms with E-state index in [2.05, 4.69) is 5.32 Å². The van der Waals surface area contributed by atoms with Gasteiger partial charge < -0.3 is 16.0 Å². The predicted octanol–water partition coefficient (Wildman–Crippen LogP) is 2.65. The molecule has 2 aromatic rings. The topological polar surface area (TPSA) is 58.4 Å². The number of rotatable bonds is 4. The van der Waals surface area contributed by atoms with Crippen LogP contribution in [0.4, 0.5) is 17.1 Å². The van der Waals surface area contributed by atoms with E-state index in [9.17, 15) is 4.79 Å². The lowest BCUT2D eigenvalue weighted by molar-refractivity contribution is -0.114. The maximum absolute atomic E-state index is 12.0. The maximum Gasteiger partial charge on any atom is 0.243 e. The standard InChI is InChI=1S/C16H19N3O/c1-12-6-8-14(9-7-12)18-16(20)11-19(2)15-5-3-4-13(17)10-15/h3-10H,11,17H2,1-2H3,(H,18,20). The fourth-order valence-electron chi connectivity index (χ4n) is 1.91. The molecular weight excluding hydrogens is 250 g/mol. The number of hydrogen-bond donors (Lipinski definition) is 2. The number of nitrogens with one attached hydrogen (secondary N) is 1. The number of likely N-dealkylation sites (N-methyl/N-ethyl adjacent to an activating group) is 1. The van der Waals surface area contributed by atoms with Crippen molar-refractivity contribution in [1.82, 2.24) is 0 Å². The van der Waals surface area contributed by atoms with Crippen LogP contribution >= 0.6 is 0 Å². The van der Waals surface area contributed by atoms with Crippen LogP contribution in [0.15, 0.2) is 48.5 Å². The smallest absolute Gasteiger partial charge is 0.243 e. The van der Waals surface area contributed by atoms with E-state index in [0.717, 1.165) is 11.4 Å². The normalized spacial score (nSPS) is 10.1. The molecule has 4 nitrogen and oxygen atoms in total. The minimum atomic E-state index is -0.0567. The number of amides is 1. The maximum atomic E-state index is 12.0. The van der Waals surface area contributed by atoms with E-state index in [0.29, 0.717) is 5.69 Å². The molecule has 4 heteroatoms. The molecule has 3 N–H and O–H groups in total. The summed E-state index contributed by atoms with van der Waals surface area (Å²) in [6, 6.07) is 15.2. The molecule has 0 heterocycles. The summed E-state index contributed by atoms with van der Waals surface area (Å²) >= 11 is 0. The zero-order valence-electron chi connectivity index (χ0n) is 11.8. The largest absolute Gasteiger partial charge is 0.399 e. The van der Waals surface area contributed by atoms with Crippen LogP contribution in [0.1, 0.15) is 5.56 Å². The zero-order chi connectivity index (χ0) is 14.5. The van der Waals surface area contributed by atoms with E-state index in [1.807, 2.05) is 67.4 Å². The fourth-order valence-corrected chi connectivity index (χ4v) is 1.91. The highest BCUT2D eigenvalue weighted by molar-refractivity contribution is 5.94. The van der Waals surface area contributed by atoms with Crippen molar-refractivity contribution >= 4 is 23.0 Å². The molecule has 0 bridgehead atoms. The molecule has 0 atom stereocenters. The Labute approximate surface area is 119 Å². The average molecular weight is 269 g/mol. The van der Waals surface area contributed by atoms with Gasteiger partial charge in [0.2, 0.25) is 5.91 Å². The molecular formula is C16H19N3O. The van der Waals surface area contributed by atoms with Gasteiger partial charge in [0.25, 0.3) is 0 Å². The number of nitrogens with two attached hydrogens (primary N) is 1. The van der Waals surface area contributed by atoms with Crippen molar-refractivity contribution in [3.05, 3.63) is 54.1 Å². The Kier molecular flexibility index (Phi) is 4.25. The van der Waals surface area contributed by atoms with Crippen LogP contribution < -0.4 is 16.0 Å². The van der Waals surface area contributed by atoms with Crippen LogP contribution in [0.3, 0.4) is 0 Å². The highest BCUT2D eigenvalue weighted by Gasteiger charge is 2.08. The lowest BCUT2D eigenvalue weighted by Gasteiger charge is -2.19. The Morgan fingerprint density at radius 1 is 1.20 bits per heavy atom. The number of hydrogen-bond acceptors (Lipinski definition) is 3. The van der Waals surface area contributed by atoms with E-state index in [1.54, 1.807) is 0 Å². The van der Waals surface area contributed by atoms with E-state index in [1.165, 1.54) is 5.56 Å². The van der Waals surface area contributed by atoms with Crippen molar-refractivity contribution in [2.24, 2.45) is 0 Å². The van der Waals surface area contributed by atoms with Crippen molar-refractivity contribution in [2.45, 2.75) is 6.92 Å². The molecule has 1 amide bonds. The van der Waals surface area contributed by atoms with Crippen LogP contribution in [0.2, 0.25) is 0 Å². The second-order valence-corrected chi connectivity index (χ2v) is 4.87. The fraction of sp³-hybridized carbons (Fsp3) is 0.188. The summed E-state index contributed by atoms with van der Waals surface area (Å²) in [5, 5.41) is 2.87. The highest BCUT2D eigenvalue weighted by atomic mass is 16.2. The van der Waals surface area contributed by atoms with Gasteiger partial charge in [-0.25, -0.2) is 0 Å². The number of nitrogen functional groups attached to an aromatic ring is 1. The van der Waals surface area contributed by atoms with Gasteiger partial charge in [-0.15, -0.1) is 0 Å². The minimum Gasteiger partial charge on any atom is -0.399 e. The third-order valence-electron chi connectivity index (χ3n) is 3.03. The second-order valence-electron chi connectivity index (χ2n) is 4.87. The summed E-state index contributed by atoms with van der Waals surface area (Å²) in [6.45, 7) is 2.29. The molecule has 20 heavy (non-hydrogen) atoms. The summed E-state index contributed by atoms with van der Waals surface area (Å²) in [5.74, 6) is -0.0567. The SMILES string of the molecule is Cc1ccc(NC(=O)CN(C)c2cccc(N)c2)cc1. The molecule has 0 aliphatic heterocycles. The molecule has 0 aliphatic carbocycles. The average Bonchev–Trinajstić information content (AvgIpc) is 2.41. The lowest BCUT2D eigenvalue weighted by Crippen LogP contribution is -2.30. The first kappa shape index (κ1) is 13.9. The van der Waals surface area contributed by atoms with Crippen LogP contribution in [0.5, 0.6) is 0 Å². The molecule has 104 valence electrons. The Morgan fingerprint density at radius 2 is 1.90 bits per heavy atom. The zero-order valence-corrected chi connectivity index (χ0v) is 11.8. The third-order valence-corrected chi connectivity index (χ3v) is 3.03. The summed E-state index contributed by atoms with van der Waals surface area (Å²) in [5.41, 5.74) is 9.32. The summed E-state index contributed by atoms with van der Waals surface area (Å²) in [6.07, 6.45) is 0. The van der Waals surface area contributed by atoms with Gasteiger partial charge in [0.1, 0.15) is 0 Å². The van der Waals surface area contributed by atoms with E-state index in [-0.39, 0.29) is 12.5 Å². The van der Waals surface area contributed by atoms with Gasteiger partial charge in [-0.2, -0.15) is 0 Å². The molecule has 0 radical (unpaired) electrons. The third kappa shape index (κ3) is 3.75. The van der Waals surface area contributed by atoms with Gasteiger partial charge >= 0.3 is 0 Å². The van der Waals surface area contributed by atoms with Crippen LogP contribution in [-0.2, 0) is 4.79 Å². The van der Waals surface area contributed by atoms with E-state index in [4.69, 9.17) is 5.73 Å². The second kappa shape index (κ2) is 6.10. The van der Waals surface area contributed by atoms with Crippen molar-refractivity contribution in [2.75, 3.05) is 29.5 Å². The van der Waals surface area contributed by atoms with Crippen molar-refractivity contribution < 1.29 is 4.79 Å². The molecule has 0 fully saturated rings. The molecule has 0 saturated heterocycles. The van der Waals surface area contributed by atoms with E-state index < -0.39 is 0 Å². The Balaban J connectivity index is 1.95. The molecule has 2 rings (SSSR count). The first-order chi connectivity index (χ1) is 9.54. The van der Waals surface area contributed by atoms with Crippen LogP contribution in [0, 0.1) is 6.92 Å². The molecule has 0 aromatic heterocycles. The monoisotopic (exact) mass is 269 g/mol. The highest BCUT2D eigenvalue weighted by Crippen LogP contribution is 2.16. The minimum absolute atomic E-state index is 0.0567. The van der Waals surface area contributed by atoms with Crippen molar-refractivity contribution in [3.8, 4) is 0 Å². The first-order valence-electron chi connectivity index (χ1n) is 6.48. The molecule has 0 unspecified atom stereocenters. The molecule has 0 saturated carbocycles. The molecule has 2 aromatic carbocycles. The number of aryl methyl sites for hydroxylation is 1. The van der Waals surface area contributed by atoms with Gasteiger partial charge in [-0.05, 0) is 37.3 Å². The van der Waals surface area contributed by atoms with Crippen LogP contribution in [0.25, 0.3) is 0 Å². The number of carbonyl (C=O) groups is 1. The Bertz CT molecular complexity index is 593. The number of benzene rings is 2. The Morgan fingerprint density at radius 3 is 2.55 bits per heavy atom. The summed E-state index contributed by atoms with van der Waals surface area (Å²) in [7, 11) is 1.86. The molecule has 0 spiro atoms. The number of nitrogens with zero attached hydrogens (tertiary/aromatic N) is 1.